The molecule has 2 aromatic carbocycles. The van der Waals surface area contributed by atoms with Gasteiger partial charge in [0.1, 0.15) is 0 Å². The average molecular weight is 363 g/mol. The van der Waals surface area contributed by atoms with Crippen molar-refractivity contribution < 1.29 is 14.0 Å². The Hall–Kier alpha value is -2.86. The molecule has 6 heteroatoms. The molecule has 1 aromatic heterocycles. The van der Waals surface area contributed by atoms with Gasteiger partial charge in [-0.15, -0.1) is 0 Å². The van der Waals surface area contributed by atoms with Gasteiger partial charge in [0.15, 0.2) is 11.5 Å². The third-order valence-electron chi connectivity index (χ3n) is 5.35. The van der Waals surface area contributed by atoms with E-state index in [1.165, 1.54) is 17.5 Å². The van der Waals surface area contributed by atoms with Gasteiger partial charge in [0.25, 0.3) is 0 Å². The van der Waals surface area contributed by atoms with E-state index in [2.05, 4.69) is 46.4 Å². The van der Waals surface area contributed by atoms with Gasteiger partial charge in [-0.05, 0) is 55.6 Å². The van der Waals surface area contributed by atoms with Gasteiger partial charge in [-0.25, -0.2) is 0 Å². The van der Waals surface area contributed by atoms with Crippen LogP contribution in [0.15, 0.2) is 47.0 Å². The number of fused-ring (bicyclic) bond motifs is 2. The molecule has 0 N–H and O–H groups in total. The molecule has 1 atom stereocenters. The van der Waals surface area contributed by atoms with Crippen LogP contribution in [0.5, 0.6) is 11.5 Å². The lowest BCUT2D eigenvalue weighted by atomic mass is 9.87. The molecule has 2 aliphatic rings. The predicted molar refractivity (Wildman–Crippen MR) is 99.4 cm³/mol. The Morgan fingerprint density at radius 2 is 2.00 bits per heavy atom. The first kappa shape index (κ1) is 16.3. The Labute approximate surface area is 157 Å². The first-order valence-electron chi connectivity index (χ1n) is 9.28. The third-order valence-corrected chi connectivity index (χ3v) is 5.35. The van der Waals surface area contributed by atoms with E-state index in [1.54, 1.807) is 0 Å². The summed E-state index contributed by atoms with van der Waals surface area (Å²) in [6.45, 7) is 0.875. The van der Waals surface area contributed by atoms with Gasteiger partial charge in [-0.2, -0.15) is 4.98 Å². The molecular formula is C21H21N3O3. The normalized spacial score (nSPS) is 17.9. The van der Waals surface area contributed by atoms with Crippen LogP contribution in [-0.4, -0.2) is 28.9 Å². The SMILES string of the molecule is CN(Cc1nc(-c2ccc3c(c2)OCO3)no1)[C@@H]1CCCc2ccccc21. The predicted octanol–water partition coefficient (Wildman–Crippen LogP) is 3.97. The summed E-state index contributed by atoms with van der Waals surface area (Å²) >= 11 is 0. The van der Waals surface area contributed by atoms with Gasteiger partial charge < -0.3 is 14.0 Å². The molecule has 0 bridgehead atoms. The number of aromatic nitrogens is 2. The minimum atomic E-state index is 0.254. The molecule has 0 amide bonds. The number of rotatable bonds is 4. The van der Waals surface area contributed by atoms with E-state index in [4.69, 9.17) is 14.0 Å². The summed E-state index contributed by atoms with van der Waals surface area (Å²) in [6.07, 6.45) is 3.52. The molecule has 0 fully saturated rings. The van der Waals surface area contributed by atoms with Gasteiger partial charge in [0.05, 0.1) is 6.54 Å². The number of aryl methyl sites for hydroxylation is 1. The molecule has 0 radical (unpaired) electrons. The van der Waals surface area contributed by atoms with Crippen LogP contribution < -0.4 is 9.47 Å². The second-order valence-corrected chi connectivity index (χ2v) is 7.10. The van der Waals surface area contributed by atoms with E-state index >= 15 is 0 Å². The fraction of sp³-hybridized carbons (Fsp3) is 0.333. The van der Waals surface area contributed by atoms with Gasteiger partial charge >= 0.3 is 0 Å². The Balaban J connectivity index is 1.34. The molecule has 1 aliphatic heterocycles. The first-order chi connectivity index (χ1) is 13.3. The van der Waals surface area contributed by atoms with Crippen LogP contribution in [0.1, 0.15) is 35.9 Å². The molecule has 0 spiro atoms. The summed E-state index contributed by atoms with van der Waals surface area (Å²) in [4.78, 5) is 6.88. The van der Waals surface area contributed by atoms with Crippen molar-refractivity contribution in [3.8, 4) is 22.9 Å². The molecule has 1 aliphatic carbocycles. The van der Waals surface area contributed by atoms with Crippen LogP contribution >= 0.6 is 0 Å². The Morgan fingerprint density at radius 1 is 1.11 bits per heavy atom. The maximum Gasteiger partial charge on any atom is 0.241 e. The molecule has 6 nitrogen and oxygen atoms in total. The standard InChI is InChI=1S/C21H21N3O3/c1-24(17-8-4-6-14-5-2-3-7-16(14)17)12-20-22-21(23-27-20)15-9-10-18-19(11-15)26-13-25-18/h2-3,5,7,9-11,17H,4,6,8,12-13H2,1H3/t17-/m1/s1. The van der Waals surface area contributed by atoms with E-state index < -0.39 is 0 Å². The highest BCUT2D eigenvalue weighted by molar-refractivity contribution is 5.61. The van der Waals surface area contributed by atoms with E-state index in [0.717, 1.165) is 29.9 Å². The summed E-state index contributed by atoms with van der Waals surface area (Å²) in [5.41, 5.74) is 3.73. The second kappa shape index (κ2) is 6.70. The number of hydrogen-bond donors (Lipinski definition) is 0. The molecule has 5 rings (SSSR count). The molecule has 3 aromatic rings. The van der Waals surface area contributed by atoms with Crippen LogP contribution in [0.25, 0.3) is 11.4 Å². The molecule has 0 unspecified atom stereocenters. The lowest BCUT2D eigenvalue weighted by Gasteiger charge is -2.32. The zero-order valence-corrected chi connectivity index (χ0v) is 15.2. The van der Waals surface area contributed by atoms with Crippen molar-refractivity contribution in [2.75, 3.05) is 13.8 Å². The third kappa shape index (κ3) is 3.06. The summed E-state index contributed by atoms with van der Waals surface area (Å²) in [6, 6.07) is 14.8. The summed E-state index contributed by atoms with van der Waals surface area (Å²) in [7, 11) is 2.12. The maximum atomic E-state index is 5.51. The molecule has 138 valence electrons. The zero-order chi connectivity index (χ0) is 18.2. The summed E-state index contributed by atoms with van der Waals surface area (Å²) in [5, 5.41) is 4.15. The highest BCUT2D eigenvalue weighted by Crippen LogP contribution is 2.36. The molecule has 2 heterocycles. The molecule has 0 saturated carbocycles. The van der Waals surface area contributed by atoms with Crippen molar-refractivity contribution >= 4 is 0 Å². The fourth-order valence-corrected chi connectivity index (χ4v) is 3.98. The number of ether oxygens (including phenoxy) is 2. The van der Waals surface area contributed by atoms with Crippen molar-refractivity contribution in [3.05, 3.63) is 59.5 Å². The maximum absolute atomic E-state index is 5.51. The average Bonchev–Trinajstić information content (AvgIpc) is 3.36. The smallest absolute Gasteiger partial charge is 0.241 e. The summed E-state index contributed by atoms with van der Waals surface area (Å²) in [5.74, 6) is 2.65. The Kier molecular flexibility index (Phi) is 4.05. The highest BCUT2D eigenvalue weighted by Gasteiger charge is 2.25. The van der Waals surface area contributed by atoms with E-state index in [1.807, 2.05) is 18.2 Å². The minimum absolute atomic E-state index is 0.254. The van der Waals surface area contributed by atoms with Gasteiger partial charge in [-0.3, -0.25) is 4.90 Å². The fourth-order valence-electron chi connectivity index (χ4n) is 3.98. The van der Waals surface area contributed by atoms with Crippen LogP contribution in [-0.2, 0) is 13.0 Å². The molecule has 27 heavy (non-hydrogen) atoms. The summed E-state index contributed by atoms with van der Waals surface area (Å²) < 4.78 is 16.3. The number of benzene rings is 2. The van der Waals surface area contributed by atoms with E-state index in [0.29, 0.717) is 24.3 Å². The lowest BCUT2D eigenvalue weighted by Crippen LogP contribution is -2.27. The highest BCUT2D eigenvalue weighted by atomic mass is 16.7. The van der Waals surface area contributed by atoms with Crippen molar-refractivity contribution in [2.24, 2.45) is 0 Å². The van der Waals surface area contributed by atoms with Gasteiger partial charge in [0, 0.05) is 11.6 Å². The quantitative estimate of drug-likeness (QED) is 0.699. The van der Waals surface area contributed by atoms with Crippen molar-refractivity contribution in [1.82, 2.24) is 15.0 Å². The van der Waals surface area contributed by atoms with Crippen molar-refractivity contribution in [2.45, 2.75) is 31.8 Å². The van der Waals surface area contributed by atoms with Crippen LogP contribution in [0, 0.1) is 0 Å². The van der Waals surface area contributed by atoms with Gasteiger partial charge in [0.2, 0.25) is 18.5 Å². The minimum Gasteiger partial charge on any atom is -0.454 e. The van der Waals surface area contributed by atoms with Crippen molar-refractivity contribution in [1.29, 1.82) is 0 Å². The van der Waals surface area contributed by atoms with Crippen LogP contribution in [0.2, 0.25) is 0 Å². The zero-order valence-electron chi connectivity index (χ0n) is 15.2. The molecule has 0 saturated heterocycles. The topological polar surface area (TPSA) is 60.6 Å². The molecular weight excluding hydrogens is 342 g/mol. The largest absolute Gasteiger partial charge is 0.454 e. The van der Waals surface area contributed by atoms with Gasteiger partial charge in [-0.1, -0.05) is 29.4 Å². The first-order valence-corrected chi connectivity index (χ1v) is 9.28. The Bertz CT molecular complexity index is 969. The van der Waals surface area contributed by atoms with Crippen LogP contribution in [0.3, 0.4) is 0 Å². The van der Waals surface area contributed by atoms with E-state index in [-0.39, 0.29) is 6.79 Å². The lowest BCUT2D eigenvalue weighted by molar-refractivity contribution is 0.174. The van der Waals surface area contributed by atoms with Crippen molar-refractivity contribution in [3.63, 3.8) is 0 Å². The second-order valence-electron chi connectivity index (χ2n) is 7.10. The Morgan fingerprint density at radius 3 is 2.96 bits per heavy atom. The monoisotopic (exact) mass is 363 g/mol. The number of nitrogens with zero attached hydrogens (tertiary/aromatic N) is 3. The van der Waals surface area contributed by atoms with E-state index in [9.17, 15) is 0 Å². The van der Waals surface area contributed by atoms with Crippen LogP contribution in [0.4, 0.5) is 0 Å². The number of hydrogen-bond acceptors (Lipinski definition) is 6.